The van der Waals surface area contributed by atoms with Gasteiger partial charge in [0.25, 0.3) is 0 Å². The Labute approximate surface area is 128 Å². The number of rotatable bonds is 7. The van der Waals surface area contributed by atoms with Gasteiger partial charge in [-0.15, -0.1) is 0 Å². The number of esters is 1. The molecule has 0 fully saturated rings. The number of hydrogen-bond donors (Lipinski definition) is 4. The van der Waals surface area contributed by atoms with Crippen LogP contribution in [-0.2, 0) is 9.53 Å². The van der Waals surface area contributed by atoms with E-state index in [-0.39, 0.29) is 5.91 Å². The van der Waals surface area contributed by atoms with Crippen LogP contribution in [0.4, 0.5) is 10.5 Å². The quantitative estimate of drug-likeness (QED) is 0.421. The van der Waals surface area contributed by atoms with Gasteiger partial charge in [-0.25, -0.2) is 9.59 Å². The van der Waals surface area contributed by atoms with Crippen molar-refractivity contribution >= 4 is 23.6 Å². The zero-order valence-corrected chi connectivity index (χ0v) is 12.3. The topological polar surface area (TPSA) is 137 Å². The normalized spacial score (nSPS) is 11.4. The molecule has 0 spiro atoms. The number of primary amides is 1. The fourth-order valence-electron chi connectivity index (χ4n) is 1.71. The van der Waals surface area contributed by atoms with Crippen molar-refractivity contribution in [1.82, 2.24) is 5.32 Å². The molecular formula is C14H20N4O4. The molecule has 1 aromatic rings. The van der Waals surface area contributed by atoms with Crippen molar-refractivity contribution in [2.45, 2.75) is 18.9 Å². The van der Waals surface area contributed by atoms with E-state index in [9.17, 15) is 14.4 Å². The maximum absolute atomic E-state index is 11.9. The van der Waals surface area contributed by atoms with Crippen LogP contribution in [0.1, 0.15) is 23.2 Å². The minimum absolute atomic E-state index is 0.343. The summed E-state index contributed by atoms with van der Waals surface area (Å²) in [5, 5.41) is 5.07. The molecule has 3 amide bonds. The van der Waals surface area contributed by atoms with Crippen LogP contribution in [0.2, 0.25) is 0 Å². The number of nitrogens with one attached hydrogen (secondary N) is 2. The molecule has 120 valence electrons. The number of urea groups is 1. The van der Waals surface area contributed by atoms with Crippen LogP contribution in [0.3, 0.4) is 0 Å². The average Bonchev–Trinajstić information content (AvgIpc) is 2.51. The first-order valence-corrected chi connectivity index (χ1v) is 6.72. The lowest BCUT2D eigenvalue weighted by Crippen LogP contribution is -2.37. The molecule has 0 heterocycles. The number of carbonyl (C=O) groups excluding carboxylic acids is 3. The van der Waals surface area contributed by atoms with Gasteiger partial charge in [0.05, 0.1) is 18.7 Å². The summed E-state index contributed by atoms with van der Waals surface area (Å²) in [6.45, 7) is 0.365. The second-order valence-electron chi connectivity index (χ2n) is 4.60. The molecule has 8 nitrogen and oxygen atoms in total. The van der Waals surface area contributed by atoms with E-state index < -0.39 is 18.0 Å². The molecule has 0 bridgehead atoms. The molecule has 1 atom stereocenters. The summed E-state index contributed by atoms with van der Waals surface area (Å²) in [6, 6.07) is 4.96. The molecule has 0 aliphatic heterocycles. The van der Waals surface area contributed by atoms with Crippen LogP contribution >= 0.6 is 0 Å². The maximum atomic E-state index is 11.9. The Kier molecular flexibility index (Phi) is 6.84. The van der Waals surface area contributed by atoms with E-state index in [4.69, 9.17) is 11.5 Å². The molecule has 22 heavy (non-hydrogen) atoms. The molecule has 0 aliphatic carbocycles. The number of carbonyl (C=O) groups is 3. The predicted molar refractivity (Wildman–Crippen MR) is 81.2 cm³/mol. The van der Waals surface area contributed by atoms with Crippen molar-refractivity contribution in [1.29, 1.82) is 0 Å². The van der Waals surface area contributed by atoms with Crippen molar-refractivity contribution in [3.63, 3.8) is 0 Å². The summed E-state index contributed by atoms with van der Waals surface area (Å²) < 4.78 is 4.58. The molecule has 0 radical (unpaired) electrons. The third kappa shape index (κ3) is 5.80. The Bertz CT molecular complexity index is 530. The molecule has 0 saturated carbocycles. The van der Waals surface area contributed by atoms with Gasteiger partial charge >= 0.3 is 12.0 Å². The first kappa shape index (κ1) is 17.4. The fourth-order valence-corrected chi connectivity index (χ4v) is 1.71. The number of hydrogen-bond acceptors (Lipinski definition) is 5. The van der Waals surface area contributed by atoms with E-state index in [1.807, 2.05) is 0 Å². The number of anilines is 1. The van der Waals surface area contributed by atoms with Crippen molar-refractivity contribution < 1.29 is 19.1 Å². The average molecular weight is 308 g/mol. The summed E-state index contributed by atoms with van der Waals surface area (Å²) >= 11 is 0. The molecule has 0 unspecified atom stereocenters. The highest BCUT2D eigenvalue weighted by Crippen LogP contribution is 2.11. The van der Waals surface area contributed by atoms with E-state index in [2.05, 4.69) is 15.4 Å². The van der Waals surface area contributed by atoms with Crippen LogP contribution in [0, 0.1) is 0 Å². The van der Waals surface area contributed by atoms with Crippen LogP contribution in [0.25, 0.3) is 0 Å². The number of ether oxygens (including phenoxy) is 1. The van der Waals surface area contributed by atoms with Gasteiger partial charge in [0.1, 0.15) is 0 Å². The SMILES string of the molecule is COC(=O)c1ccc(NC(=O)[C@@H](N)CCCNC(N)=O)cc1. The van der Waals surface area contributed by atoms with Gasteiger partial charge in [0.2, 0.25) is 5.91 Å². The van der Waals surface area contributed by atoms with Gasteiger partial charge < -0.3 is 26.8 Å². The second-order valence-corrected chi connectivity index (χ2v) is 4.60. The summed E-state index contributed by atoms with van der Waals surface area (Å²) in [7, 11) is 1.30. The standard InChI is InChI=1S/C14H20N4O4/c1-22-13(20)9-4-6-10(7-5-9)18-12(19)11(15)3-2-8-17-14(16)21/h4-7,11H,2-3,8,15H2,1H3,(H,18,19)(H3,16,17,21)/t11-/m0/s1. The van der Waals surface area contributed by atoms with E-state index in [0.717, 1.165) is 0 Å². The van der Waals surface area contributed by atoms with Gasteiger partial charge in [-0.05, 0) is 37.1 Å². The van der Waals surface area contributed by atoms with E-state index >= 15 is 0 Å². The van der Waals surface area contributed by atoms with E-state index in [1.165, 1.54) is 7.11 Å². The number of amides is 3. The van der Waals surface area contributed by atoms with Gasteiger partial charge in [-0.1, -0.05) is 0 Å². The lowest BCUT2D eigenvalue weighted by atomic mass is 10.1. The smallest absolute Gasteiger partial charge is 0.337 e. The Morgan fingerprint density at radius 2 is 1.86 bits per heavy atom. The molecule has 1 rings (SSSR count). The first-order chi connectivity index (χ1) is 10.4. The van der Waals surface area contributed by atoms with Gasteiger partial charge in [0, 0.05) is 12.2 Å². The van der Waals surface area contributed by atoms with Crippen molar-refractivity contribution in [2.24, 2.45) is 11.5 Å². The Hall–Kier alpha value is -2.61. The lowest BCUT2D eigenvalue weighted by molar-refractivity contribution is -0.117. The molecule has 0 aromatic heterocycles. The first-order valence-electron chi connectivity index (χ1n) is 6.72. The van der Waals surface area contributed by atoms with Gasteiger partial charge in [-0.3, -0.25) is 4.79 Å². The van der Waals surface area contributed by atoms with E-state index in [1.54, 1.807) is 24.3 Å². The molecule has 1 aromatic carbocycles. The van der Waals surface area contributed by atoms with Crippen LogP contribution in [0.15, 0.2) is 24.3 Å². The van der Waals surface area contributed by atoms with Crippen molar-refractivity contribution in [3.05, 3.63) is 29.8 Å². The maximum Gasteiger partial charge on any atom is 0.337 e. The summed E-state index contributed by atoms with van der Waals surface area (Å²) in [5.41, 5.74) is 11.6. The van der Waals surface area contributed by atoms with Gasteiger partial charge in [0.15, 0.2) is 0 Å². The minimum atomic E-state index is -0.699. The third-order valence-corrected chi connectivity index (χ3v) is 2.90. The zero-order valence-electron chi connectivity index (χ0n) is 12.3. The van der Waals surface area contributed by atoms with Crippen molar-refractivity contribution in [2.75, 3.05) is 19.0 Å². The zero-order chi connectivity index (χ0) is 16.5. The summed E-state index contributed by atoms with van der Waals surface area (Å²) in [5.74, 6) is -0.790. The Balaban J connectivity index is 2.43. The Morgan fingerprint density at radius 1 is 1.23 bits per heavy atom. The lowest BCUT2D eigenvalue weighted by Gasteiger charge is -2.12. The van der Waals surface area contributed by atoms with Crippen molar-refractivity contribution in [3.8, 4) is 0 Å². The van der Waals surface area contributed by atoms with Gasteiger partial charge in [-0.2, -0.15) is 0 Å². The number of benzene rings is 1. The highest BCUT2D eigenvalue weighted by molar-refractivity contribution is 5.95. The highest BCUT2D eigenvalue weighted by atomic mass is 16.5. The summed E-state index contributed by atoms with van der Waals surface area (Å²) in [6.07, 6.45) is 0.950. The molecule has 8 heteroatoms. The molecule has 6 N–H and O–H groups in total. The van der Waals surface area contributed by atoms with Crippen LogP contribution in [0.5, 0.6) is 0 Å². The fraction of sp³-hybridized carbons (Fsp3) is 0.357. The Morgan fingerprint density at radius 3 is 2.41 bits per heavy atom. The largest absolute Gasteiger partial charge is 0.465 e. The number of nitrogens with two attached hydrogens (primary N) is 2. The number of methoxy groups -OCH3 is 1. The van der Waals surface area contributed by atoms with Crippen LogP contribution < -0.4 is 22.1 Å². The van der Waals surface area contributed by atoms with E-state index in [0.29, 0.717) is 30.6 Å². The van der Waals surface area contributed by atoms with Crippen LogP contribution in [-0.4, -0.2) is 37.6 Å². The monoisotopic (exact) mass is 308 g/mol. The minimum Gasteiger partial charge on any atom is -0.465 e. The third-order valence-electron chi connectivity index (χ3n) is 2.90. The summed E-state index contributed by atoms with van der Waals surface area (Å²) in [4.78, 5) is 33.6. The molecule has 0 aliphatic rings. The predicted octanol–water partition coefficient (Wildman–Crippen LogP) is 0.188. The molecular weight excluding hydrogens is 288 g/mol. The highest BCUT2D eigenvalue weighted by Gasteiger charge is 2.13. The molecule has 0 saturated heterocycles. The second kappa shape index (κ2) is 8.63.